The number of anilines is 1. The minimum Gasteiger partial charge on any atom is -0.480 e. The van der Waals surface area contributed by atoms with Crippen LogP contribution in [0.25, 0.3) is 0 Å². The van der Waals surface area contributed by atoms with Crippen molar-refractivity contribution in [2.45, 2.75) is 19.1 Å². The van der Waals surface area contributed by atoms with Crippen LogP contribution in [-0.2, 0) is 20.9 Å². The van der Waals surface area contributed by atoms with Crippen LogP contribution in [0.4, 0.5) is 10.5 Å². The van der Waals surface area contributed by atoms with E-state index in [1.165, 1.54) is 18.0 Å². The molecule has 0 aliphatic rings. The SMILES string of the molecule is O=C(CSCCC(NC(=O)OCc1ccccc1)C(=O)O)Nc1cccnc1Cl. The standard InChI is InChI=1S/C19H20ClN3O5S/c20-17-14(7-4-9-21-17)22-16(24)12-29-10-8-15(18(25)26)23-19(27)28-11-13-5-2-1-3-6-13/h1-7,9,15H,8,10-12H2,(H,22,24)(H,23,27)(H,25,26). The lowest BCUT2D eigenvalue weighted by molar-refractivity contribution is -0.139. The van der Waals surface area contributed by atoms with Gasteiger partial charge in [0.25, 0.3) is 0 Å². The van der Waals surface area contributed by atoms with E-state index in [1.807, 2.05) is 18.2 Å². The third kappa shape index (κ3) is 8.41. The van der Waals surface area contributed by atoms with E-state index >= 15 is 0 Å². The molecule has 3 N–H and O–H groups in total. The van der Waals surface area contributed by atoms with Gasteiger partial charge in [0.05, 0.1) is 11.4 Å². The van der Waals surface area contributed by atoms with Gasteiger partial charge in [0.15, 0.2) is 5.15 Å². The summed E-state index contributed by atoms with van der Waals surface area (Å²) in [6.07, 6.45) is 0.841. The van der Waals surface area contributed by atoms with Crippen LogP contribution in [0, 0.1) is 0 Å². The van der Waals surface area contributed by atoms with Gasteiger partial charge in [-0.25, -0.2) is 14.6 Å². The van der Waals surface area contributed by atoms with Gasteiger partial charge in [0, 0.05) is 6.20 Å². The summed E-state index contributed by atoms with van der Waals surface area (Å²) in [6, 6.07) is 11.2. The molecule has 1 aromatic heterocycles. The van der Waals surface area contributed by atoms with Gasteiger partial charge in [0.1, 0.15) is 12.6 Å². The highest BCUT2D eigenvalue weighted by molar-refractivity contribution is 7.99. The maximum absolute atomic E-state index is 11.9. The van der Waals surface area contributed by atoms with Crippen molar-refractivity contribution in [2.24, 2.45) is 0 Å². The molecule has 0 aliphatic carbocycles. The Morgan fingerprint density at radius 1 is 1.17 bits per heavy atom. The van der Waals surface area contributed by atoms with Crippen molar-refractivity contribution in [2.75, 3.05) is 16.8 Å². The summed E-state index contributed by atoms with van der Waals surface area (Å²) in [5.41, 5.74) is 1.20. The number of alkyl carbamates (subject to hydrolysis) is 1. The van der Waals surface area contributed by atoms with Crippen molar-refractivity contribution in [1.82, 2.24) is 10.3 Å². The average molecular weight is 438 g/mol. The van der Waals surface area contributed by atoms with E-state index in [0.29, 0.717) is 11.4 Å². The Morgan fingerprint density at radius 3 is 2.62 bits per heavy atom. The maximum atomic E-state index is 11.9. The second-order valence-corrected chi connectivity index (χ2v) is 7.29. The number of carboxylic acids is 1. The molecule has 2 aromatic rings. The maximum Gasteiger partial charge on any atom is 0.408 e. The number of benzene rings is 1. The number of aromatic nitrogens is 1. The van der Waals surface area contributed by atoms with Gasteiger partial charge in [0.2, 0.25) is 5.91 Å². The number of carbonyl (C=O) groups excluding carboxylic acids is 2. The van der Waals surface area contributed by atoms with Gasteiger partial charge in [-0.2, -0.15) is 11.8 Å². The van der Waals surface area contributed by atoms with Crippen LogP contribution in [0.15, 0.2) is 48.7 Å². The lowest BCUT2D eigenvalue weighted by Crippen LogP contribution is -2.41. The van der Waals surface area contributed by atoms with E-state index in [0.717, 1.165) is 5.56 Å². The summed E-state index contributed by atoms with van der Waals surface area (Å²) >= 11 is 7.11. The van der Waals surface area contributed by atoms with E-state index in [1.54, 1.807) is 24.3 Å². The number of rotatable bonds is 10. The Balaban J connectivity index is 1.69. The van der Waals surface area contributed by atoms with Gasteiger partial charge < -0.3 is 20.5 Å². The Labute approximate surface area is 177 Å². The zero-order valence-corrected chi connectivity index (χ0v) is 16.9. The second-order valence-electron chi connectivity index (χ2n) is 5.83. The molecule has 2 amide bonds. The lowest BCUT2D eigenvalue weighted by Gasteiger charge is -2.14. The Morgan fingerprint density at radius 2 is 1.93 bits per heavy atom. The third-order valence-corrected chi connectivity index (χ3v) is 4.91. The number of nitrogens with one attached hydrogen (secondary N) is 2. The zero-order valence-electron chi connectivity index (χ0n) is 15.3. The molecule has 154 valence electrons. The molecule has 1 heterocycles. The van der Waals surface area contributed by atoms with E-state index in [2.05, 4.69) is 15.6 Å². The van der Waals surface area contributed by atoms with Crippen molar-refractivity contribution >= 4 is 47.0 Å². The first-order valence-electron chi connectivity index (χ1n) is 8.64. The molecule has 0 radical (unpaired) electrons. The van der Waals surface area contributed by atoms with E-state index < -0.39 is 18.1 Å². The van der Waals surface area contributed by atoms with Gasteiger partial charge in [-0.3, -0.25) is 4.79 Å². The molecule has 10 heteroatoms. The fraction of sp³-hybridized carbons (Fsp3) is 0.263. The first-order chi connectivity index (χ1) is 14.0. The number of carboxylic acid groups (broad SMARTS) is 1. The highest BCUT2D eigenvalue weighted by Crippen LogP contribution is 2.18. The number of carbonyl (C=O) groups is 3. The number of amides is 2. The Hall–Kier alpha value is -2.78. The molecule has 0 bridgehead atoms. The second kappa shape index (κ2) is 11.9. The van der Waals surface area contributed by atoms with Crippen LogP contribution in [0.3, 0.4) is 0 Å². The highest BCUT2D eigenvalue weighted by Gasteiger charge is 2.20. The van der Waals surface area contributed by atoms with Crippen LogP contribution in [0.1, 0.15) is 12.0 Å². The number of aliphatic carboxylic acids is 1. The number of thioether (sulfide) groups is 1. The lowest BCUT2D eigenvalue weighted by atomic mass is 10.2. The summed E-state index contributed by atoms with van der Waals surface area (Å²) < 4.78 is 5.03. The van der Waals surface area contributed by atoms with Crippen molar-refractivity contribution in [3.05, 3.63) is 59.4 Å². The van der Waals surface area contributed by atoms with Crippen molar-refractivity contribution in [3.8, 4) is 0 Å². The number of halogens is 1. The minimum absolute atomic E-state index is 0.0465. The molecule has 1 unspecified atom stereocenters. The number of ether oxygens (including phenoxy) is 1. The smallest absolute Gasteiger partial charge is 0.408 e. The molecular weight excluding hydrogens is 418 g/mol. The molecule has 1 atom stereocenters. The van der Waals surface area contributed by atoms with Crippen LogP contribution in [-0.4, -0.2) is 45.6 Å². The molecule has 2 rings (SSSR count). The van der Waals surface area contributed by atoms with E-state index in [9.17, 15) is 19.5 Å². The monoisotopic (exact) mass is 437 g/mol. The van der Waals surface area contributed by atoms with E-state index in [-0.39, 0.29) is 29.8 Å². The van der Waals surface area contributed by atoms with Crippen LogP contribution < -0.4 is 10.6 Å². The zero-order chi connectivity index (χ0) is 21.1. The van der Waals surface area contributed by atoms with E-state index in [4.69, 9.17) is 16.3 Å². The quantitative estimate of drug-likeness (QED) is 0.386. The first-order valence-corrected chi connectivity index (χ1v) is 10.2. The van der Waals surface area contributed by atoms with Crippen LogP contribution in [0.2, 0.25) is 5.15 Å². The van der Waals surface area contributed by atoms with Crippen molar-refractivity contribution in [3.63, 3.8) is 0 Å². The largest absolute Gasteiger partial charge is 0.480 e. The Kier molecular flexibility index (Phi) is 9.26. The van der Waals surface area contributed by atoms with Gasteiger partial charge in [-0.05, 0) is 29.9 Å². The first kappa shape index (κ1) is 22.5. The van der Waals surface area contributed by atoms with Crippen molar-refractivity contribution < 1.29 is 24.2 Å². The summed E-state index contributed by atoms with van der Waals surface area (Å²) in [4.78, 5) is 38.9. The fourth-order valence-corrected chi connectivity index (χ4v) is 3.17. The Bertz CT molecular complexity index is 838. The van der Waals surface area contributed by atoms with Gasteiger partial charge in [-0.1, -0.05) is 41.9 Å². The topological polar surface area (TPSA) is 118 Å². The number of hydrogen-bond acceptors (Lipinski definition) is 6. The van der Waals surface area contributed by atoms with Gasteiger partial charge in [-0.15, -0.1) is 0 Å². The van der Waals surface area contributed by atoms with Gasteiger partial charge >= 0.3 is 12.1 Å². The number of pyridine rings is 1. The molecule has 8 nitrogen and oxygen atoms in total. The number of nitrogens with zero attached hydrogens (tertiary/aromatic N) is 1. The predicted octanol–water partition coefficient (Wildman–Crippen LogP) is 3.18. The molecule has 0 spiro atoms. The fourth-order valence-electron chi connectivity index (χ4n) is 2.20. The third-order valence-electron chi connectivity index (χ3n) is 3.62. The molecule has 0 fully saturated rings. The summed E-state index contributed by atoms with van der Waals surface area (Å²) in [5.74, 6) is -0.999. The normalized spacial score (nSPS) is 11.3. The molecule has 0 saturated heterocycles. The summed E-state index contributed by atoms with van der Waals surface area (Å²) in [5, 5.41) is 14.4. The number of hydrogen-bond donors (Lipinski definition) is 3. The molecule has 1 aromatic carbocycles. The average Bonchev–Trinajstić information content (AvgIpc) is 2.71. The summed E-state index contributed by atoms with van der Waals surface area (Å²) in [7, 11) is 0. The molecular formula is C19H20ClN3O5S. The van der Waals surface area contributed by atoms with Crippen LogP contribution >= 0.6 is 23.4 Å². The molecule has 0 aliphatic heterocycles. The summed E-state index contributed by atoms with van der Waals surface area (Å²) in [6.45, 7) is 0.0465. The minimum atomic E-state index is -1.17. The predicted molar refractivity (Wildman–Crippen MR) is 111 cm³/mol. The molecule has 29 heavy (non-hydrogen) atoms. The highest BCUT2D eigenvalue weighted by atomic mass is 35.5. The van der Waals surface area contributed by atoms with Crippen molar-refractivity contribution in [1.29, 1.82) is 0 Å². The van der Waals surface area contributed by atoms with Crippen LogP contribution in [0.5, 0.6) is 0 Å². The molecule has 0 saturated carbocycles.